The SMILES string of the molecule is Cc1nc(-c2cc(Br)cs2)ncc1C(C)Cl. The van der Waals surface area contributed by atoms with Crippen LogP contribution in [0.15, 0.2) is 22.1 Å². The first kappa shape index (κ1) is 12.0. The number of nitrogens with zero attached hydrogens (tertiary/aromatic N) is 2. The highest BCUT2D eigenvalue weighted by Crippen LogP contribution is 2.29. The van der Waals surface area contributed by atoms with E-state index in [1.807, 2.05) is 31.5 Å². The maximum Gasteiger partial charge on any atom is 0.169 e. The van der Waals surface area contributed by atoms with E-state index < -0.39 is 0 Å². The highest BCUT2D eigenvalue weighted by molar-refractivity contribution is 9.10. The van der Waals surface area contributed by atoms with Crippen molar-refractivity contribution in [2.24, 2.45) is 0 Å². The molecule has 2 nitrogen and oxygen atoms in total. The lowest BCUT2D eigenvalue weighted by Crippen LogP contribution is -1.97. The van der Waals surface area contributed by atoms with E-state index in [0.29, 0.717) is 0 Å². The number of halogens is 2. The molecule has 0 aliphatic heterocycles. The predicted molar refractivity (Wildman–Crippen MR) is 72.1 cm³/mol. The molecule has 0 aliphatic carbocycles. The molecule has 84 valence electrons. The molecule has 16 heavy (non-hydrogen) atoms. The third-order valence-electron chi connectivity index (χ3n) is 2.23. The molecular formula is C11H10BrClN2S. The average molecular weight is 318 g/mol. The predicted octanol–water partition coefficient (Wildman–Crippen LogP) is 4.58. The number of thiophene rings is 1. The molecule has 0 saturated carbocycles. The van der Waals surface area contributed by atoms with Crippen LogP contribution in [-0.2, 0) is 0 Å². The Kier molecular flexibility index (Phi) is 3.62. The fraction of sp³-hybridized carbons (Fsp3) is 0.273. The van der Waals surface area contributed by atoms with Crippen molar-refractivity contribution in [3.8, 4) is 10.7 Å². The van der Waals surface area contributed by atoms with Gasteiger partial charge in [0.25, 0.3) is 0 Å². The molecule has 2 aromatic heterocycles. The van der Waals surface area contributed by atoms with Gasteiger partial charge < -0.3 is 0 Å². The number of rotatable bonds is 2. The largest absolute Gasteiger partial charge is 0.236 e. The summed E-state index contributed by atoms with van der Waals surface area (Å²) in [4.78, 5) is 9.87. The Balaban J connectivity index is 2.42. The van der Waals surface area contributed by atoms with Gasteiger partial charge in [0.2, 0.25) is 0 Å². The van der Waals surface area contributed by atoms with Crippen LogP contribution in [0.3, 0.4) is 0 Å². The van der Waals surface area contributed by atoms with E-state index in [4.69, 9.17) is 11.6 Å². The van der Waals surface area contributed by atoms with Crippen LogP contribution in [0.25, 0.3) is 10.7 Å². The lowest BCUT2D eigenvalue weighted by atomic mass is 10.2. The van der Waals surface area contributed by atoms with Crippen molar-refractivity contribution in [1.82, 2.24) is 9.97 Å². The van der Waals surface area contributed by atoms with Crippen LogP contribution >= 0.6 is 38.9 Å². The summed E-state index contributed by atoms with van der Waals surface area (Å²) < 4.78 is 1.06. The second kappa shape index (κ2) is 4.82. The Hall–Kier alpha value is -0.450. The van der Waals surface area contributed by atoms with Crippen LogP contribution in [0.2, 0.25) is 0 Å². The lowest BCUT2D eigenvalue weighted by Gasteiger charge is -2.07. The topological polar surface area (TPSA) is 25.8 Å². The van der Waals surface area contributed by atoms with Crippen molar-refractivity contribution in [1.29, 1.82) is 0 Å². The summed E-state index contributed by atoms with van der Waals surface area (Å²) in [6, 6.07) is 2.02. The normalized spacial score (nSPS) is 12.8. The summed E-state index contributed by atoms with van der Waals surface area (Å²) in [7, 11) is 0. The molecule has 5 heteroatoms. The van der Waals surface area contributed by atoms with E-state index in [1.165, 1.54) is 0 Å². The van der Waals surface area contributed by atoms with E-state index in [9.17, 15) is 0 Å². The van der Waals surface area contributed by atoms with Gasteiger partial charge in [-0.05, 0) is 35.8 Å². The molecule has 0 spiro atoms. The van der Waals surface area contributed by atoms with E-state index >= 15 is 0 Å². The minimum absolute atomic E-state index is 0.0517. The molecule has 2 aromatic rings. The fourth-order valence-electron chi connectivity index (χ4n) is 1.42. The lowest BCUT2D eigenvalue weighted by molar-refractivity contribution is 0.978. The van der Waals surface area contributed by atoms with E-state index in [0.717, 1.165) is 26.4 Å². The quantitative estimate of drug-likeness (QED) is 0.758. The molecule has 0 N–H and O–H groups in total. The van der Waals surface area contributed by atoms with Gasteiger partial charge in [-0.25, -0.2) is 9.97 Å². The van der Waals surface area contributed by atoms with Gasteiger partial charge in [-0.15, -0.1) is 22.9 Å². The van der Waals surface area contributed by atoms with Crippen LogP contribution in [0.1, 0.15) is 23.6 Å². The van der Waals surface area contributed by atoms with Gasteiger partial charge in [0.05, 0.1) is 10.3 Å². The van der Waals surface area contributed by atoms with Gasteiger partial charge in [0, 0.05) is 27.3 Å². The van der Waals surface area contributed by atoms with Crippen LogP contribution in [0.4, 0.5) is 0 Å². The zero-order valence-electron chi connectivity index (χ0n) is 8.87. The second-order valence-corrected chi connectivity index (χ2v) is 5.96. The molecule has 0 amide bonds. The minimum Gasteiger partial charge on any atom is -0.236 e. The Morgan fingerprint density at radius 3 is 2.75 bits per heavy atom. The maximum absolute atomic E-state index is 6.03. The van der Waals surface area contributed by atoms with Crippen LogP contribution < -0.4 is 0 Å². The molecule has 0 aliphatic rings. The zero-order chi connectivity index (χ0) is 11.7. The highest BCUT2D eigenvalue weighted by atomic mass is 79.9. The van der Waals surface area contributed by atoms with E-state index in [-0.39, 0.29) is 5.38 Å². The molecule has 0 fully saturated rings. The van der Waals surface area contributed by atoms with Gasteiger partial charge in [0.1, 0.15) is 0 Å². The first-order valence-corrected chi connectivity index (χ1v) is 6.91. The summed E-state index contributed by atoms with van der Waals surface area (Å²) in [5.41, 5.74) is 1.93. The maximum atomic E-state index is 6.03. The Morgan fingerprint density at radius 1 is 1.50 bits per heavy atom. The van der Waals surface area contributed by atoms with Crippen LogP contribution in [-0.4, -0.2) is 9.97 Å². The van der Waals surface area contributed by atoms with E-state index in [2.05, 4.69) is 25.9 Å². The Bertz CT molecular complexity index is 510. The molecule has 1 atom stereocenters. The summed E-state index contributed by atoms with van der Waals surface area (Å²) in [5, 5.41) is 1.97. The summed E-state index contributed by atoms with van der Waals surface area (Å²) in [6.07, 6.45) is 1.81. The van der Waals surface area contributed by atoms with Crippen molar-refractivity contribution in [3.05, 3.63) is 33.4 Å². The van der Waals surface area contributed by atoms with Gasteiger partial charge >= 0.3 is 0 Å². The molecule has 0 radical (unpaired) electrons. The van der Waals surface area contributed by atoms with Crippen LogP contribution in [0.5, 0.6) is 0 Å². The molecular weight excluding hydrogens is 308 g/mol. The Labute approximate surface area is 112 Å². The van der Waals surface area contributed by atoms with Crippen molar-refractivity contribution in [2.75, 3.05) is 0 Å². The molecule has 0 aromatic carbocycles. The zero-order valence-corrected chi connectivity index (χ0v) is 12.0. The summed E-state index contributed by atoms with van der Waals surface area (Å²) in [5.74, 6) is 0.759. The van der Waals surface area contributed by atoms with Gasteiger partial charge in [0.15, 0.2) is 5.82 Å². The van der Waals surface area contributed by atoms with Gasteiger partial charge in [-0.1, -0.05) is 0 Å². The van der Waals surface area contributed by atoms with Crippen LogP contribution in [0, 0.1) is 6.92 Å². The molecule has 1 unspecified atom stereocenters. The third kappa shape index (κ3) is 2.44. The first-order valence-electron chi connectivity index (χ1n) is 4.80. The van der Waals surface area contributed by atoms with Gasteiger partial charge in [-0.2, -0.15) is 0 Å². The molecule has 0 saturated heterocycles. The number of hydrogen-bond donors (Lipinski definition) is 0. The summed E-state index contributed by atoms with van der Waals surface area (Å²) in [6.45, 7) is 3.89. The van der Waals surface area contributed by atoms with E-state index in [1.54, 1.807) is 11.3 Å². The smallest absolute Gasteiger partial charge is 0.169 e. The average Bonchev–Trinajstić information content (AvgIpc) is 2.64. The fourth-order valence-corrected chi connectivity index (χ4v) is 3.00. The van der Waals surface area contributed by atoms with Crippen molar-refractivity contribution >= 4 is 38.9 Å². The molecule has 0 bridgehead atoms. The monoisotopic (exact) mass is 316 g/mol. The minimum atomic E-state index is -0.0517. The number of hydrogen-bond acceptors (Lipinski definition) is 3. The van der Waals surface area contributed by atoms with Gasteiger partial charge in [-0.3, -0.25) is 0 Å². The third-order valence-corrected chi connectivity index (χ3v) is 4.16. The Morgan fingerprint density at radius 2 is 2.25 bits per heavy atom. The summed E-state index contributed by atoms with van der Waals surface area (Å²) >= 11 is 11.1. The second-order valence-electron chi connectivity index (χ2n) is 3.48. The first-order chi connectivity index (χ1) is 7.58. The molecule has 2 heterocycles. The highest BCUT2D eigenvalue weighted by Gasteiger charge is 2.10. The molecule has 2 rings (SSSR count). The standard InChI is InChI=1S/C11H10BrClN2S/c1-6(13)9-4-14-11(15-7(9)2)10-3-8(12)5-16-10/h3-6H,1-2H3. The number of aromatic nitrogens is 2. The number of aryl methyl sites for hydroxylation is 1. The number of alkyl halides is 1. The van der Waals surface area contributed by atoms with Crippen molar-refractivity contribution in [2.45, 2.75) is 19.2 Å². The van der Waals surface area contributed by atoms with Crippen molar-refractivity contribution < 1.29 is 0 Å². The van der Waals surface area contributed by atoms with Crippen molar-refractivity contribution in [3.63, 3.8) is 0 Å².